The maximum Gasteiger partial charge on any atom is 0.271 e. The molecule has 2 aromatic carbocycles. The maximum atomic E-state index is 12.2. The number of H-pyrrole nitrogens is 1. The number of carbonyl (C=O) groups excluding carboxylic acids is 1. The van der Waals surface area contributed by atoms with E-state index in [0.29, 0.717) is 10.6 Å². The summed E-state index contributed by atoms with van der Waals surface area (Å²) in [5, 5.41) is 6.22. The van der Waals surface area contributed by atoms with Crippen molar-refractivity contribution in [2.24, 2.45) is 5.10 Å². The van der Waals surface area contributed by atoms with Crippen LogP contribution < -0.4 is 5.43 Å². The Morgan fingerprint density at radius 1 is 1.08 bits per heavy atom. The normalized spacial score (nSPS) is 15.5. The lowest BCUT2D eigenvalue weighted by molar-refractivity contribution is 0.0955. The van der Waals surface area contributed by atoms with Gasteiger partial charge in [-0.3, -0.25) is 4.79 Å². The van der Waals surface area contributed by atoms with Gasteiger partial charge in [-0.2, -0.15) is 5.10 Å². The van der Waals surface area contributed by atoms with Crippen molar-refractivity contribution in [3.05, 3.63) is 70.4 Å². The largest absolute Gasteiger partial charge is 0.353 e. The van der Waals surface area contributed by atoms with Gasteiger partial charge in [0, 0.05) is 21.5 Å². The van der Waals surface area contributed by atoms with Crippen molar-refractivity contribution < 1.29 is 4.79 Å². The molecule has 0 bridgehead atoms. The third-order valence-corrected chi connectivity index (χ3v) is 4.59. The number of amides is 1. The summed E-state index contributed by atoms with van der Waals surface area (Å²) < 4.78 is 0. The molecule has 0 fully saturated rings. The number of rotatable bonds is 2. The van der Waals surface area contributed by atoms with E-state index in [1.165, 1.54) is 10.9 Å². The molecule has 1 heterocycles. The van der Waals surface area contributed by atoms with Gasteiger partial charge < -0.3 is 4.98 Å². The summed E-state index contributed by atoms with van der Waals surface area (Å²) in [7, 11) is 0. The van der Waals surface area contributed by atoms with Crippen LogP contribution >= 0.6 is 11.6 Å². The molecule has 3 aromatic rings. The van der Waals surface area contributed by atoms with Crippen molar-refractivity contribution in [3.8, 4) is 0 Å². The van der Waals surface area contributed by atoms with E-state index < -0.39 is 0 Å². The molecule has 2 N–H and O–H groups in total. The Labute approximate surface area is 144 Å². The number of nitrogens with zero attached hydrogens (tertiary/aromatic N) is 1. The molecule has 0 aliphatic heterocycles. The number of hydrazone groups is 1. The van der Waals surface area contributed by atoms with Crippen LogP contribution in [0.3, 0.4) is 0 Å². The standard InChI is InChI=1S/C19H16ClN3O/c20-13-10-8-12(9-11-13)19(24)23-22-17-7-3-5-15-14-4-1-2-6-16(14)21-18(15)17/h1-2,4,6,8-11,21H,3,5,7H2,(H,23,24). The summed E-state index contributed by atoms with van der Waals surface area (Å²) >= 11 is 5.85. The first kappa shape index (κ1) is 15.0. The fourth-order valence-corrected chi connectivity index (χ4v) is 3.29. The number of aromatic amines is 1. The number of aromatic nitrogens is 1. The van der Waals surface area contributed by atoms with Gasteiger partial charge in [-0.15, -0.1) is 0 Å². The summed E-state index contributed by atoms with van der Waals surface area (Å²) in [6, 6.07) is 15.0. The molecule has 5 heteroatoms. The average molecular weight is 338 g/mol. The lowest BCUT2D eigenvalue weighted by atomic mass is 9.94. The Hall–Kier alpha value is -2.59. The van der Waals surface area contributed by atoms with Gasteiger partial charge in [-0.1, -0.05) is 29.8 Å². The molecule has 0 radical (unpaired) electrons. The second-order valence-corrected chi connectivity index (χ2v) is 6.32. The Morgan fingerprint density at radius 3 is 2.71 bits per heavy atom. The number of aryl methyl sites for hydroxylation is 1. The van der Waals surface area contributed by atoms with Gasteiger partial charge in [0.15, 0.2) is 0 Å². The Balaban J connectivity index is 1.62. The van der Waals surface area contributed by atoms with Gasteiger partial charge in [0.2, 0.25) is 0 Å². The number of hydrogen-bond acceptors (Lipinski definition) is 2. The monoisotopic (exact) mass is 337 g/mol. The summed E-state index contributed by atoms with van der Waals surface area (Å²) in [5.74, 6) is -0.234. The van der Waals surface area contributed by atoms with E-state index in [-0.39, 0.29) is 5.91 Å². The highest BCUT2D eigenvalue weighted by molar-refractivity contribution is 6.30. The number of benzene rings is 2. The summed E-state index contributed by atoms with van der Waals surface area (Å²) in [4.78, 5) is 15.6. The average Bonchev–Trinajstić information content (AvgIpc) is 2.99. The number of carbonyl (C=O) groups is 1. The van der Waals surface area contributed by atoms with E-state index in [4.69, 9.17) is 11.6 Å². The number of nitrogens with one attached hydrogen (secondary N) is 2. The molecule has 0 saturated heterocycles. The molecule has 0 spiro atoms. The van der Waals surface area contributed by atoms with Crippen LogP contribution in [0.1, 0.15) is 34.5 Å². The van der Waals surface area contributed by atoms with Crippen LogP contribution in [-0.2, 0) is 6.42 Å². The Kier molecular flexibility index (Phi) is 3.82. The molecular formula is C19H16ClN3O. The van der Waals surface area contributed by atoms with Gasteiger partial charge in [-0.05, 0) is 55.2 Å². The number of halogens is 1. The topological polar surface area (TPSA) is 57.2 Å². The van der Waals surface area contributed by atoms with Crippen LogP contribution in [0.2, 0.25) is 5.02 Å². The first-order chi connectivity index (χ1) is 11.7. The van der Waals surface area contributed by atoms with Crippen LogP contribution in [0.15, 0.2) is 53.6 Å². The molecule has 0 saturated carbocycles. The van der Waals surface area contributed by atoms with Crippen LogP contribution in [0.5, 0.6) is 0 Å². The van der Waals surface area contributed by atoms with E-state index in [1.54, 1.807) is 24.3 Å². The molecule has 24 heavy (non-hydrogen) atoms. The molecule has 0 atom stereocenters. The molecule has 1 aromatic heterocycles. The van der Waals surface area contributed by atoms with Crippen LogP contribution in [0, 0.1) is 0 Å². The third-order valence-electron chi connectivity index (χ3n) is 4.34. The van der Waals surface area contributed by atoms with E-state index in [2.05, 4.69) is 27.6 Å². The number of hydrogen-bond donors (Lipinski definition) is 2. The summed E-state index contributed by atoms with van der Waals surface area (Å²) in [6.45, 7) is 0. The third kappa shape index (κ3) is 2.69. The highest BCUT2D eigenvalue weighted by Gasteiger charge is 2.20. The number of para-hydroxylation sites is 1. The van der Waals surface area contributed by atoms with Crippen LogP contribution in [0.4, 0.5) is 0 Å². The first-order valence-corrected chi connectivity index (χ1v) is 8.32. The zero-order valence-electron chi connectivity index (χ0n) is 13.0. The highest BCUT2D eigenvalue weighted by Crippen LogP contribution is 2.29. The molecule has 4 nitrogen and oxygen atoms in total. The molecule has 1 aliphatic carbocycles. The minimum atomic E-state index is -0.234. The van der Waals surface area contributed by atoms with Crippen LogP contribution in [-0.4, -0.2) is 16.6 Å². The van der Waals surface area contributed by atoms with Crippen LogP contribution in [0.25, 0.3) is 10.9 Å². The fourth-order valence-electron chi connectivity index (χ4n) is 3.16. The molecular weight excluding hydrogens is 322 g/mol. The summed E-state index contributed by atoms with van der Waals surface area (Å²) in [5.41, 5.74) is 7.54. The quantitative estimate of drug-likeness (QED) is 0.673. The van der Waals surface area contributed by atoms with Gasteiger partial charge >= 0.3 is 0 Å². The number of fused-ring (bicyclic) bond motifs is 3. The highest BCUT2D eigenvalue weighted by atomic mass is 35.5. The van der Waals surface area contributed by atoms with E-state index in [9.17, 15) is 4.79 Å². The van der Waals surface area contributed by atoms with Gasteiger partial charge in [-0.25, -0.2) is 5.43 Å². The Bertz CT molecular complexity index is 941. The van der Waals surface area contributed by atoms with Crippen molar-refractivity contribution in [1.29, 1.82) is 0 Å². The zero-order valence-corrected chi connectivity index (χ0v) is 13.7. The van der Waals surface area contributed by atoms with Crippen molar-refractivity contribution in [3.63, 3.8) is 0 Å². The predicted molar refractivity (Wildman–Crippen MR) is 96.7 cm³/mol. The maximum absolute atomic E-state index is 12.2. The predicted octanol–water partition coefficient (Wildman–Crippen LogP) is 4.29. The molecule has 4 rings (SSSR count). The van der Waals surface area contributed by atoms with E-state index in [0.717, 1.165) is 36.2 Å². The lowest BCUT2D eigenvalue weighted by Gasteiger charge is -2.14. The van der Waals surface area contributed by atoms with Crippen molar-refractivity contribution in [2.45, 2.75) is 19.3 Å². The van der Waals surface area contributed by atoms with Crippen molar-refractivity contribution in [1.82, 2.24) is 10.4 Å². The minimum absolute atomic E-state index is 0.234. The van der Waals surface area contributed by atoms with E-state index in [1.807, 2.05) is 12.1 Å². The molecule has 120 valence electrons. The first-order valence-electron chi connectivity index (χ1n) is 7.95. The molecule has 1 amide bonds. The Morgan fingerprint density at radius 2 is 1.88 bits per heavy atom. The SMILES string of the molecule is O=C(NN=C1CCCc2c1[nH]c1ccccc21)c1ccc(Cl)cc1. The minimum Gasteiger partial charge on any atom is -0.353 e. The second kappa shape index (κ2) is 6.13. The van der Waals surface area contributed by atoms with Gasteiger partial charge in [0.1, 0.15) is 0 Å². The van der Waals surface area contributed by atoms with Gasteiger partial charge in [0.05, 0.1) is 11.4 Å². The fraction of sp³-hybridized carbons (Fsp3) is 0.158. The molecule has 0 unspecified atom stereocenters. The zero-order chi connectivity index (χ0) is 16.5. The smallest absolute Gasteiger partial charge is 0.271 e. The summed E-state index contributed by atoms with van der Waals surface area (Å²) in [6.07, 6.45) is 2.91. The van der Waals surface area contributed by atoms with Crippen molar-refractivity contribution >= 4 is 34.1 Å². The van der Waals surface area contributed by atoms with Crippen molar-refractivity contribution in [2.75, 3.05) is 0 Å². The second-order valence-electron chi connectivity index (χ2n) is 5.88. The van der Waals surface area contributed by atoms with E-state index >= 15 is 0 Å². The van der Waals surface area contributed by atoms with Gasteiger partial charge in [0.25, 0.3) is 5.91 Å². The lowest BCUT2D eigenvalue weighted by Crippen LogP contribution is -2.22. The molecule has 1 aliphatic rings.